The quantitative estimate of drug-likeness (QED) is 0.272. The lowest BCUT2D eigenvalue weighted by Gasteiger charge is -2.28. The number of likely N-dealkylation sites (tertiary alicyclic amines) is 1. The van der Waals surface area contributed by atoms with Gasteiger partial charge in [0.2, 0.25) is 0 Å². The average molecular weight is 497 g/mol. The lowest BCUT2D eigenvalue weighted by atomic mass is 9.94. The van der Waals surface area contributed by atoms with Crippen molar-refractivity contribution in [3.05, 3.63) is 58.7 Å². The highest BCUT2D eigenvalue weighted by Gasteiger charge is 2.46. The lowest BCUT2D eigenvalue weighted by molar-refractivity contribution is -0.140. The van der Waals surface area contributed by atoms with Crippen LogP contribution in [0.2, 0.25) is 0 Å². The van der Waals surface area contributed by atoms with Crippen LogP contribution in [0.1, 0.15) is 50.4 Å². The largest absolute Gasteiger partial charge is 0.507 e. The van der Waals surface area contributed by atoms with Gasteiger partial charge in [-0.25, -0.2) is 0 Å². The number of ether oxygens (including phenoxy) is 2. The first kappa shape index (κ1) is 27.1. The third-order valence-corrected chi connectivity index (χ3v) is 6.44. The number of phenols is 1. The van der Waals surface area contributed by atoms with Crippen molar-refractivity contribution in [3.8, 4) is 17.2 Å². The molecular formula is C28H36N2O6. The van der Waals surface area contributed by atoms with E-state index < -0.39 is 17.7 Å². The number of aromatic hydroxyl groups is 1. The van der Waals surface area contributed by atoms with E-state index in [2.05, 4.69) is 4.90 Å². The molecule has 1 heterocycles. The Labute approximate surface area is 212 Å². The number of phenolic OH excluding ortho intramolecular Hbond substituents is 1. The van der Waals surface area contributed by atoms with Crippen LogP contribution in [0.3, 0.4) is 0 Å². The Balaban J connectivity index is 2.14. The number of aliphatic hydroxyl groups excluding tert-OH is 1. The number of likely N-dealkylation sites (N-methyl/N-ethyl adjacent to an activating group) is 1. The van der Waals surface area contributed by atoms with Gasteiger partial charge >= 0.3 is 0 Å². The summed E-state index contributed by atoms with van der Waals surface area (Å²) in [6, 6.07) is 9.08. The van der Waals surface area contributed by atoms with Crippen LogP contribution in [0.4, 0.5) is 0 Å². The van der Waals surface area contributed by atoms with Gasteiger partial charge in [0.05, 0.1) is 24.8 Å². The zero-order valence-electron chi connectivity index (χ0n) is 21.7. The smallest absolute Gasteiger partial charge is 0.295 e. The molecule has 8 heteroatoms. The van der Waals surface area contributed by atoms with E-state index in [1.165, 1.54) is 11.0 Å². The number of Topliss-reactive ketones (excluding diaryl/α,β-unsaturated/α-hetero) is 1. The zero-order valence-corrected chi connectivity index (χ0v) is 21.7. The van der Waals surface area contributed by atoms with Crippen molar-refractivity contribution in [1.29, 1.82) is 0 Å². The van der Waals surface area contributed by atoms with E-state index in [9.17, 15) is 19.8 Å². The Morgan fingerprint density at radius 1 is 0.972 bits per heavy atom. The number of rotatable bonds is 11. The summed E-state index contributed by atoms with van der Waals surface area (Å²) in [7, 11) is 0. The number of hydrogen-bond donors (Lipinski definition) is 2. The standard InChI is InChI=1S/C28H36N2O6/c1-6-29(7-2)14-15-30-25(19-10-12-21(31)23(17-19)36-9-4)24(27(33)28(30)34)26(32)20-11-13-22(35-8-3)18(5)16-20/h10-13,16-17,25,31-32H,6-9,14-15H2,1-5H3/b26-24-. The first-order valence-electron chi connectivity index (χ1n) is 12.5. The Morgan fingerprint density at radius 2 is 1.64 bits per heavy atom. The number of carbonyl (C=O) groups excluding carboxylic acids is 2. The zero-order chi connectivity index (χ0) is 26.4. The Bertz CT molecular complexity index is 1140. The molecule has 0 aromatic heterocycles. The highest BCUT2D eigenvalue weighted by Crippen LogP contribution is 2.42. The minimum Gasteiger partial charge on any atom is -0.507 e. The van der Waals surface area contributed by atoms with Gasteiger partial charge in [-0.3, -0.25) is 9.59 Å². The third-order valence-electron chi connectivity index (χ3n) is 6.44. The molecule has 0 aliphatic carbocycles. The summed E-state index contributed by atoms with van der Waals surface area (Å²) in [4.78, 5) is 30.2. The number of hydrogen-bond acceptors (Lipinski definition) is 7. The molecule has 2 aromatic rings. The highest BCUT2D eigenvalue weighted by atomic mass is 16.5. The highest BCUT2D eigenvalue weighted by molar-refractivity contribution is 6.46. The molecule has 1 aliphatic rings. The number of amides is 1. The van der Waals surface area contributed by atoms with Gasteiger partial charge < -0.3 is 29.5 Å². The molecule has 1 fully saturated rings. The van der Waals surface area contributed by atoms with E-state index in [-0.39, 0.29) is 22.8 Å². The van der Waals surface area contributed by atoms with Crippen molar-refractivity contribution in [2.75, 3.05) is 39.4 Å². The van der Waals surface area contributed by atoms with Crippen LogP contribution in [0, 0.1) is 6.92 Å². The van der Waals surface area contributed by atoms with Gasteiger partial charge in [-0.2, -0.15) is 0 Å². The molecule has 0 spiro atoms. The monoisotopic (exact) mass is 496 g/mol. The van der Waals surface area contributed by atoms with E-state index in [1.54, 1.807) is 37.3 Å². The van der Waals surface area contributed by atoms with Crippen LogP contribution in [-0.2, 0) is 9.59 Å². The second-order valence-corrected chi connectivity index (χ2v) is 8.59. The van der Waals surface area contributed by atoms with Crippen molar-refractivity contribution in [2.45, 2.75) is 40.7 Å². The van der Waals surface area contributed by atoms with E-state index >= 15 is 0 Å². The fourth-order valence-electron chi connectivity index (χ4n) is 4.49. The summed E-state index contributed by atoms with van der Waals surface area (Å²) in [6.45, 7) is 13.0. The second-order valence-electron chi connectivity index (χ2n) is 8.59. The molecule has 1 amide bonds. The van der Waals surface area contributed by atoms with Crippen LogP contribution in [0.25, 0.3) is 5.76 Å². The van der Waals surface area contributed by atoms with Crippen LogP contribution in [0.15, 0.2) is 42.0 Å². The minimum absolute atomic E-state index is 0.0104. The van der Waals surface area contributed by atoms with Crippen molar-refractivity contribution < 1.29 is 29.3 Å². The molecule has 2 aromatic carbocycles. The maximum Gasteiger partial charge on any atom is 0.295 e. The van der Waals surface area contributed by atoms with Gasteiger partial charge in [0.25, 0.3) is 11.7 Å². The third kappa shape index (κ3) is 5.49. The van der Waals surface area contributed by atoms with Crippen LogP contribution in [0.5, 0.6) is 17.2 Å². The summed E-state index contributed by atoms with van der Waals surface area (Å²) < 4.78 is 11.1. The molecule has 194 valence electrons. The van der Waals surface area contributed by atoms with E-state index in [0.29, 0.717) is 43.2 Å². The number of nitrogens with zero attached hydrogens (tertiary/aromatic N) is 2. The van der Waals surface area contributed by atoms with Gasteiger partial charge in [0.1, 0.15) is 11.5 Å². The molecule has 0 bridgehead atoms. The predicted molar refractivity (Wildman–Crippen MR) is 138 cm³/mol. The summed E-state index contributed by atoms with van der Waals surface area (Å²) >= 11 is 0. The van der Waals surface area contributed by atoms with E-state index in [0.717, 1.165) is 18.7 Å². The summed E-state index contributed by atoms with van der Waals surface area (Å²) in [5.41, 5.74) is 1.80. The fourth-order valence-corrected chi connectivity index (χ4v) is 4.49. The molecule has 3 rings (SSSR count). The molecule has 1 saturated heterocycles. The molecular weight excluding hydrogens is 460 g/mol. The lowest BCUT2D eigenvalue weighted by Crippen LogP contribution is -2.38. The molecule has 0 radical (unpaired) electrons. The van der Waals surface area contributed by atoms with Gasteiger partial charge in [-0.05, 0) is 75.3 Å². The number of aryl methyl sites for hydroxylation is 1. The Kier molecular flexibility index (Phi) is 8.98. The number of benzene rings is 2. The minimum atomic E-state index is -0.827. The van der Waals surface area contributed by atoms with E-state index in [4.69, 9.17) is 9.47 Å². The maximum absolute atomic E-state index is 13.3. The van der Waals surface area contributed by atoms with Gasteiger partial charge in [-0.1, -0.05) is 19.9 Å². The maximum atomic E-state index is 13.3. The number of carbonyl (C=O) groups is 2. The van der Waals surface area contributed by atoms with Crippen molar-refractivity contribution in [3.63, 3.8) is 0 Å². The second kappa shape index (κ2) is 11.9. The molecule has 8 nitrogen and oxygen atoms in total. The van der Waals surface area contributed by atoms with Crippen LogP contribution in [-0.4, -0.2) is 71.1 Å². The summed E-state index contributed by atoms with van der Waals surface area (Å²) in [5, 5.41) is 21.6. The fraction of sp³-hybridized carbons (Fsp3) is 0.429. The number of aliphatic hydroxyl groups is 1. The van der Waals surface area contributed by atoms with Crippen LogP contribution >= 0.6 is 0 Å². The summed E-state index contributed by atoms with van der Waals surface area (Å²) in [6.07, 6.45) is 0. The van der Waals surface area contributed by atoms with E-state index in [1.807, 2.05) is 27.7 Å². The molecule has 1 unspecified atom stereocenters. The van der Waals surface area contributed by atoms with Crippen molar-refractivity contribution >= 4 is 17.4 Å². The van der Waals surface area contributed by atoms with Crippen LogP contribution < -0.4 is 9.47 Å². The summed E-state index contributed by atoms with van der Waals surface area (Å²) in [5.74, 6) is -0.757. The van der Waals surface area contributed by atoms with Crippen molar-refractivity contribution in [1.82, 2.24) is 9.80 Å². The van der Waals surface area contributed by atoms with Gasteiger partial charge in [0, 0.05) is 18.7 Å². The Morgan fingerprint density at radius 3 is 2.25 bits per heavy atom. The molecule has 2 N–H and O–H groups in total. The Hall–Kier alpha value is -3.52. The predicted octanol–water partition coefficient (Wildman–Crippen LogP) is 4.26. The average Bonchev–Trinajstić information content (AvgIpc) is 3.12. The molecule has 36 heavy (non-hydrogen) atoms. The molecule has 1 atom stereocenters. The topological polar surface area (TPSA) is 99.5 Å². The first-order valence-corrected chi connectivity index (χ1v) is 12.5. The normalized spacial score (nSPS) is 17.2. The number of ketones is 1. The van der Waals surface area contributed by atoms with Crippen molar-refractivity contribution in [2.24, 2.45) is 0 Å². The first-order chi connectivity index (χ1) is 17.3. The van der Waals surface area contributed by atoms with Gasteiger partial charge in [-0.15, -0.1) is 0 Å². The molecule has 0 saturated carbocycles. The SMILES string of the molecule is CCOc1ccc(/C(O)=C2/C(=O)C(=O)N(CCN(CC)CC)C2c2ccc(O)c(OCC)c2)cc1C. The molecule has 1 aliphatic heterocycles. The van der Waals surface area contributed by atoms with Gasteiger partial charge in [0.15, 0.2) is 11.5 Å².